The van der Waals surface area contributed by atoms with Crippen molar-refractivity contribution in [3.63, 3.8) is 0 Å². The molecule has 1 aromatic heterocycles. The van der Waals surface area contributed by atoms with E-state index < -0.39 is 5.41 Å². The summed E-state index contributed by atoms with van der Waals surface area (Å²) in [4.78, 5) is 28.5. The van der Waals surface area contributed by atoms with Gasteiger partial charge >= 0.3 is 0 Å². The Hall–Kier alpha value is -2.29. The molecule has 20 heavy (non-hydrogen) atoms. The van der Waals surface area contributed by atoms with Crippen LogP contribution in [0.3, 0.4) is 0 Å². The molecule has 1 unspecified atom stereocenters. The van der Waals surface area contributed by atoms with E-state index in [2.05, 4.69) is 4.98 Å². The number of carbonyl (C=O) groups is 2. The minimum Gasteiger partial charge on any atom is -0.301 e. The van der Waals surface area contributed by atoms with E-state index >= 15 is 0 Å². The molecule has 3 nitrogen and oxygen atoms in total. The van der Waals surface area contributed by atoms with Crippen molar-refractivity contribution >= 4 is 12.1 Å². The average Bonchev–Trinajstić information content (AvgIpc) is 2.43. The number of hydrogen-bond acceptors (Lipinski definition) is 3. The molecule has 0 aliphatic heterocycles. The number of ketones is 1. The number of aromatic nitrogens is 1. The van der Waals surface area contributed by atoms with Gasteiger partial charge in [0.25, 0.3) is 0 Å². The highest BCUT2D eigenvalue weighted by Gasteiger charge is 2.41. The number of Topliss-reactive ketones (excluding diaryl/α,β-unsaturated/α-hetero) is 1. The van der Waals surface area contributed by atoms with E-state index in [1.807, 2.05) is 38.1 Å². The molecule has 0 bridgehead atoms. The van der Waals surface area contributed by atoms with Crippen LogP contribution < -0.4 is 0 Å². The fourth-order valence-electron chi connectivity index (χ4n) is 2.54. The van der Waals surface area contributed by atoms with Crippen molar-refractivity contribution in [2.24, 2.45) is 0 Å². The second-order valence-electron chi connectivity index (χ2n) is 5.03. The molecule has 0 fully saturated rings. The Morgan fingerprint density at radius 3 is 2.35 bits per heavy atom. The third-order valence-corrected chi connectivity index (χ3v) is 3.55. The summed E-state index contributed by atoms with van der Waals surface area (Å²) < 4.78 is 0. The number of hydrogen-bond donors (Lipinski definition) is 0. The Labute approximate surface area is 118 Å². The predicted molar refractivity (Wildman–Crippen MR) is 77.7 cm³/mol. The van der Waals surface area contributed by atoms with Gasteiger partial charge in [-0.2, -0.15) is 0 Å². The summed E-state index contributed by atoms with van der Waals surface area (Å²) in [6.45, 7) is 5.24. The van der Waals surface area contributed by atoms with Crippen LogP contribution in [0.15, 0.2) is 42.6 Å². The van der Waals surface area contributed by atoms with Crippen molar-refractivity contribution < 1.29 is 9.59 Å². The lowest BCUT2D eigenvalue weighted by molar-refractivity contribution is -0.126. The third-order valence-electron chi connectivity index (χ3n) is 3.55. The number of rotatable bonds is 4. The molecule has 2 aromatic rings. The highest BCUT2D eigenvalue weighted by molar-refractivity contribution is 6.06. The maximum absolute atomic E-state index is 12.3. The van der Waals surface area contributed by atoms with Gasteiger partial charge in [-0.05, 0) is 37.5 Å². The molecule has 2 rings (SSSR count). The minimum atomic E-state index is -1.32. The summed E-state index contributed by atoms with van der Waals surface area (Å²) in [5, 5.41) is 0. The van der Waals surface area contributed by atoms with Gasteiger partial charge in [-0.3, -0.25) is 9.78 Å². The quantitative estimate of drug-likeness (QED) is 0.632. The van der Waals surface area contributed by atoms with Gasteiger partial charge in [-0.15, -0.1) is 0 Å². The lowest BCUT2D eigenvalue weighted by Crippen LogP contribution is -2.39. The van der Waals surface area contributed by atoms with E-state index in [9.17, 15) is 9.59 Å². The second-order valence-corrected chi connectivity index (χ2v) is 5.03. The molecule has 3 heteroatoms. The SMILES string of the molecule is CC(=O)C(C=O)(c1ccccc1)c1ncc(C)cc1C. The molecule has 1 heterocycles. The summed E-state index contributed by atoms with van der Waals surface area (Å²) in [5.41, 5.74) is 1.69. The number of benzene rings is 1. The second kappa shape index (κ2) is 5.37. The molecule has 0 radical (unpaired) electrons. The van der Waals surface area contributed by atoms with Crippen molar-refractivity contribution in [2.45, 2.75) is 26.2 Å². The molecular formula is C17H17NO2. The molecule has 1 atom stereocenters. The van der Waals surface area contributed by atoms with Gasteiger partial charge in [0, 0.05) is 6.20 Å². The molecule has 0 saturated carbocycles. The molecular weight excluding hydrogens is 250 g/mol. The summed E-state index contributed by atoms with van der Waals surface area (Å²) in [5.74, 6) is -0.224. The molecule has 102 valence electrons. The fourth-order valence-corrected chi connectivity index (χ4v) is 2.54. The van der Waals surface area contributed by atoms with Gasteiger partial charge in [0.1, 0.15) is 6.29 Å². The zero-order valence-electron chi connectivity index (χ0n) is 11.9. The monoisotopic (exact) mass is 267 g/mol. The van der Waals surface area contributed by atoms with Crippen molar-refractivity contribution in [1.29, 1.82) is 0 Å². The van der Waals surface area contributed by atoms with Gasteiger partial charge in [-0.1, -0.05) is 36.4 Å². The normalized spacial score (nSPS) is 13.6. The van der Waals surface area contributed by atoms with Gasteiger partial charge in [-0.25, -0.2) is 0 Å². The van der Waals surface area contributed by atoms with Crippen LogP contribution in [0.4, 0.5) is 0 Å². The first-order valence-corrected chi connectivity index (χ1v) is 6.49. The molecule has 0 N–H and O–H groups in total. The highest BCUT2D eigenvalue weighted by atomic mass is 16.1. The number of carbonyl (C=O) groups excluding carboxylic acids is 2. The van der Waals surface area contributed by atoms with Crippen LogP contribution in [0.1, 0.15) is 29.3 Å². The van der Waals surface area contributed by atoms with Crippen LogP contribution in [0.2, 0.25) is 0 Å². The number of nitrogens with zero attached hydrogens (tertiary/aromatic N) is 1. The molecule has 0 amide bonds. The predicted octanol–water partition coefficient (Wildman–Crippen LogP) is 2.77. The topological polar surface area (TPSA) is 47.0 Å². The summed E-state index contributed by atoms with van der Waals surface area (Å²) in [7, 11) is 0. The Morgan fingerprint density at radius 2 is 1.85 bits per heavy atom. The van der Waals surface area contributed by atoms with Crippen LogP contribution in [0.5, 0.6) is 0 Å². The van der Waals surface area contributed by atoms with E-state index in [0.29, 0.717) is 17.5 Å². The molecule has 0 aliphatic rings. The summed E-state index contributed by atoms with van der Waals surface area (Å²) >= 11 is 0. The zero-order chi connectivity index (χ0) is 14.8. The van der Waals surface area contributed by atoms with E-state index in [-0.39, 0.29) is 5.78 Å². The lowest BCUT2D eigenvalue weighted by atomic mass is 9.74. The first kappa shape index (κ1) is 14.1. The standard InChI is InChI=1S/C17H17NO2/c1-12-9-13(2)16(18-10-12)17(11-19,14(3)20)15-7-5-4-6-8-15/h4-11H,1-3H3. The van der Waals surface area contributed by atoms with Gasteiger partial charge in [0.05, 0.1) is 5.69 Å². The summed E-state index contributed by atoms with van der Waals surface area (Å²) in [6, 6.07) is 11.0. The minimum absolute atomic E-state index is 0.224. The smallest absolute Gasteiger partial charge is 0.153 e. The van der Waals surface area contributed by atoms with E-state index in [0.717, 1.165) is 11.1 Å². The third kappa shape index (κ3) is 2.16. The number of aldehydes is 1. The highest BCUT2D eigenvalue weighted by Crippen LogP contribution is 2.32. The maximum atomic E-state index is 12.3. The van der Waals surface area contributed by atoms with Crippen LogP contribution in [0, 0.1) is 13.8 Å². The maximum Gasteiger partial charge on any atom is 0.153 e. The molecule has 0 spiro atoms. The summed E-state index contributed by atoms with van der Waals surface area (Å²) in [6.07, 6.45) is 2.39. The van der Waals surface area contributed by atoms with Crippen LogP contribution in [-0.4, -0.2) is 17.1 Å². The van der Waals surface area contributed by atoms with Gasteiger partial charge in [0.2, 0.25) is 0 Å². The number of aryl methyl sites for hydroxylation is 2. The number of pyridine rings is 1. The zero-order valence-corrected chi connectivity index (χ0v) is 11.9. The fraction of sp³-hybridized carbons (Fsp3) is 0.235. The Morgan fingerprint density at radius 1 is 1.20 bits per heavy atom. The van der Waals surface area contributed by atoms with Crippen molar-refractivity contribution in [2.75, 3.05) is 0 Å². The van der Waals surface area contributed by atoms with Crippen LogP contribution in [0.25, 0.3) is 0 Å². The van der Waals surface area contributed by atoms with E-state index in [4.69, 9.17) is 0 Å². The first-order valence-electron chi connectivity index (χ1n) is 6.49. The van der Waals surface area contributed by atoms with E-state index in [1.165, 1.54) is 6.92 Å². The van der Waals surface area contributed by atoms with Crippen LogP contribution >= 0.6 is 0 Å². The largest absolute Gasteiger partial charge is 0.301 e. The average molecular weight is 267 g/mol. The van der Waals surface area contributed by atoms with E-state index in [1.54, 1.807) is 18.3 Å². The Bertz CT molecular complexity index is 649. The van der Waals surface area contributed by atoms with Crippen molar-refractivity contribution in [3.8, 4) is 0 Å². The Balaban J connectivity index is 2.77. The van der Waals surface area contributed by atoms with Gasteiger partial charge in [0.15, 0.2) is 11.2 Å². The molecule has 1 aromatic carbocycles. The van der Waals surface area contributed by atoms with Crippen molar-refractivity contribution in [1.82, 2.24) is 4.98 Å². The lowest BCUT2D eigenvalue weighted by Gasteiger charge is -2.26. The molecule has 0 aliphatic carbocycles. The first-order chi connectivity index (χ1) is 9.52. The van der Waals surface area contributed by atoms with Gasteiger partial charge < -0.3 is 4.79 Å². The van der Waals surface area contributed by atoms with Crippen LogP contribution in [-0.2, 0) is 15.0 Å². The van der Waals surface area contributed by atoms with Crippen molar-refractivity contribution in [3.05, 3.63) is 65.0 Å². The Kier molecular flexibility index (Phi) is 3.79. The molecule has 0 saturated heterocycles.